The van der Waals surface area contributed by atoms with E-state index in [4.69, 9.17) is 11.5 Å². The standard InChI is InChI=1S/C15H12BrN3O2/c16-13(11-7-8(17)5-6-12(11)18)19-14(20)9-3-1-2-4-10(9)15(19)21/h1-7,13H,17-18H2. The molecule has 0 saturated heterocycles. The van der Waals surface area contributed by atoms with E-state index in [-0.39, 0.29) is 11.8 Å². The third-order valence-corrected chi connectivity index (χ3v) is 4.32. The summed E-state index contributed by atoms with van der Waals surface area (Å²) in [5.41, 5.74) is 14.0. The number of nitrogens with two attached hydrogens (primary N) is 2. The minimum Gasteiger partial charge on any atom is -0.399 e. The first-order chi connectivity index (χ1) is 10.0. The lowest BCUT2D eigenvalue weighted by Crippen LogP contribution is -2.31. The largest absolute Gasteiger partial charge is 0.399 e. The maximum atomic E-state index is 12.4. The lowest BCUT2D eigenvalue weighted by molar-refractivity contribution is 0.0641. The fraction of sp³-hybridized carbons (Fsp3) is 0.0667. The fourth-order valence-corrected chi connectivity index (χ4v) is 3.12. The summed E-state index contributed by atoms with van der Waals surface area (Å²) in [7, 11) is 0. The fourth-order valence-electron chi connectivity index (χ4n) is 2.35. The van der Waals surface area contributed by atoms with Gasteiger partial charge in [0.05, 0.1) is 11.1 Å². The third-order valence-electron chi connectivity index (χ3n) is 3.42. The van der Waals surface area contributed by atoms with Crippen LogP contribution in [0.2, 0.25) is 0 Å². The zero-order valence-corrected chi connectivity index (χ0v) is 12.5. The third kappa shape index (κ3) is 2.08. The Bertz CT molecular complexity index is 725. The van der Waals surface area contributed by atoms with Crippen molar-refractivity contribution in [3.05, 3.63) is 59.2 Å². The highest BCUT2D eigenvalue weighted by molar-refractivity contribution is 9.09. The summed E-state index contributed by atoms with van der Waals surface area (Å²) in [5, 5.41) is 0. The van der Waals surface area contributed by atoms with Crippen molar-refractivity contribution in [3.8, 4) is 0 Å². The number of anilines is 2. The second-order valence-electron chi connectivity index (χ2n) is 4.75. The van der Waals surface area contributed by atoms with Crippen LogP contribution in [0.4, 0.5) is 11.4 Å². The Kier molecular flexibility index (Phi) is 3.17. The normalized spacial score (nSPS) is 15.2. The molecule has 0 aromatic heterocycles. The summed E-state index contributed by atoms with van der Waals surface area (Å²) in [5.74, 6) is -0.696. The first-order valence-corrected chi connectivity index (χ1v) is 7.18. The van der Waals surface area contributed by atoms with E-state index < -0.39 is 4.95 Å². The number of carbonyl (C=O) groups excluding carboxylic acids is 2. The summed E-state index contributed by atoms with van der Waals surface area (Å²) >= 11 is 3.39. The molecule has 21 heavy (non-hydrogen) atoms. The number of halogens is 1. The first kappa shape index (κ1) is 13.6. The molecule has 0 radical (unpaired) electrons. The average molecular weight is 346 g/mol. The van der Waals surface area contributed by atoms with Gasteiger partial charge < -0.3 is 11.5 Å². The minimum absolute atomic E-state index is 0.348. The number of nitrogen functional groups attached to an aromatic ring is 2. The smallest absolute Gasteiger partial charge is 0.262 e. The van der Waals surface area contributed by atoms with Gasteiger partial charge >= 0.3 is 0 Å². The van der Waals surface area contributed by atoms with Crippen LogP contribution in [0.15, 0.2) is 42.5 Å². The monoisotopic (exact) mass is 345 g/mol. The van der Waals surface area contributed by atoms with E-state index in [0.717, 1.165) is 4.90 Å². The quantitative estimate of drug-likeness (QED) is 0.378. The van der Waals surface area contributed by atoms with Crippen LogP contribution in [0.25, 0.3) is 0 Å². The van der Waals surface area contributed by atoms with E-state index in [1.165, 1.54) is 0 Å². The molecule has 0 bridgehead atoms. The molecule has 1 heterocycles. The maximum Gasteiger partial charge on any atom is 0.262 e. The Morgan fingerprint density at radius 2 is 1.52 bits per heavy atom. The van der Waals surface area contributed by atoms with Crippen LogP contribution in [0.1, 0.15) is 31.2 Å². The Labute approximate surface area is 129 Å². The van der Waals surface area contributed by atoms with E-state index in [2.05, 4.69) is 15.9 Å². The van der Waals surface area contributed by atoms with Crippen molar-refractivity contribution in [1.82, 2.24) is 4.90 Å². The molecule has 1 unspecified atom stereocenters. The number of alkyl halides is 1. The molecular formula is C15H12BrN3O2. The number of rotatable bonds is 2. The lowest BCUT2D eigenvalue weighted by Gasteiger charge is -2.22. The number of imide groups is 1. The summed E-state index contributed by atoms with van der Waals surface area (Å²) < 4.78 is 0. The van der Waals surface area contributed by atoms with Gasteiger partial charge in [-0.25, -0.2) is 0 Å². The second-order valence-corrected chi connectivity index (χ2v) is 5.62. The number of hydrogen-bond acceptors (Lipinski definition) is 4. The topological polar surface area (TPSA) is 89.4 Å². The molecule has 0 aliphatic carbocycles. The van der Waals surface area contributed by atoms with Gasteiger partial charge in [-0.2, -0.15) is 0 Å². The average Bonchev–Trinajstić information content (AvgIpc) is 2.73. The number of amides is 2. The van der Waals surface area contributed by atoms with Crippen molar-refractivity contribution < 1.29 is 9.59 Å². The second kappa shape index (κ2) is 4.89. The van der Waals surface area contributed by atoms with Crippen molar-refractivity contribution in [2.24, 2.45) is 0 Å². The highest BCUT2D eigenvalue weighted by atomic mass is 79.9. The van der Waals surface area contributed by atoms with E-state index in [1.54, 1.807) is 42.5 Å². The summed E-state index contributed by atoms with van der Waals surface area (Å²) in [6.07, 6.45) is 0. The number of carbonyl (C=O) groups is 2. The highest BCUT2D eigenvalue weighted by Crippen LogP contribution is 2.37. The van der Waals surface area contributed by atoms with Gasteiger partial charge in [-0.1, -0.05) is 28.1 Å². The number of nitrogens with zero attached hydrogens (tertiary/aromatic N) is 1. The van der Waals surface area contributed by atoms with Gasteiger partial charge in [-0.15, -0.1) is 0 Å². The Balaban J connectivity index is 2.04. The van der Waals surface area contributed by atoms with Gasteiger partial charge in [0.2, 0.25) is 0 Å². The number of benzene rings is 2. The van der Waals surface area contributed by atoms with Gasteiger partial charge in [0.1, 0.15) is 4.95 Å². The molecule has 1 atom stereocenters. The van der Waals surface area contributed by atoms with Crippen molar-refractivity contribution >= 4 is 39.1 Å². The van der Waals surface area contributed by atoms with Crippen molar-refractivity contribution in [2.75, 3.05) is 11.5 Å². The summed E-state index contributed by atoms with van der Waals surface area (Å²) in [4.78, 5) is 25.3. The van der Waals surface area contributed by atoms with E-state index >= 15 is 0 Å². The molecule has 106 valence electrons. The zero-order valence-electron chi connectivity index (χ0n) is 10.9. The predicted molar refractivity (Wildman–Crippen MR) is 83.9 cm³/mol. The summed E-state index contributed by atoms with van der Waals surface area (Å²) in [6.45, 7) is 0. The Morgan fingerprint density at radius 1 is 0.952 bits per heavy atom. The molecule has 2 amide bonds. The Morgan fingerprint density at radius 3 is 2.10 bits per heavy atom. The molecule has 2 aromatic carbocycles. The van der Waals surface area contributed by atoms with Crippen LogP contribution < -0.4 is 11.5 Å². The molecule has 1 aliphatic heterocycles. The molecule has 0 saturated carbocycles. The summed E-state index contributed by atoms with van der Waals surface area (Å²) in [6, 6.07) is 11.7. The van der Waals surface area contributed by atoms with Crippen molar-refractivity contribution in [3.63, 3.8) is 0 Å². The molecule has 3 rings (SSSR count). The van der Waals surface area contributed by atoms with Gasteiger partial charge in [0.15, 0.2) is 0 Å². The Hall–Kier alpha value is -2.34. The van der Waals surface area contributed by atoms with Crippen LogP contribution in [0.5, 0.6) is 0 Å². The van der Waals surface area contributed by atoms with E-state index in [1.807, 2.05) is 0 Å². The maximum absolute atomic E-state index is 12.4. The lowest BCUT2D eigenvalue weighted by atomic mass is 10.1. The highest BCUT2D eigenvalue weighted by Gasteiger charge is 2.39. The number of fused-ring (bicyclic) bond motifs is 1. The predicted octanol–water partition coefficient (Wildman–Crippen LogP) is 2.54. The van der Waals surface area contributed by atoms with E-state index in [9.17, 15) is 9.59 Å². The van der Waals surface area contributed by atoms with E-state index in [0.29, 0.717) is 28.1 Å². The molecule has 0 fully saturated rings. The van der Waals surface area contributed by atoms with Crippen LogP contribution >= 0.6 is 15.9 Å². The molecule has 6 heteroatoms. The molecule has 1 aliphatic rings. The van der Waals surface area contributed by atoms with Crippen LogP contribution in [-0.4, -0.2) is 16.7 Å². The van der Waals surface area contributed by atoms with Crippen LogP contribution in [-0.2, 0) is 0 Å². The van der Waals surface area contributed by atoms with Gasteiger partial charge in [-0.3, -0.25) is 14.5 Å². The van der Waals surface area contributed by atoms with Gasteiger partial charge in [-0.05, 0) is 30.3 Å². The van der Waals surface area contributed by atoms with Gasteiger partial charge in [0.25, 0.3) is 11.8 Å². The number of hydrogen-bond donors (Lipinski definition) is 2. The van der Waals surface area contributed by atoms with Gasteiger partial charge in [0, 0.05) is 16.9 Å². The zero-order chi connectivity index (χ0) is 15.1. The van der Waals surface area contributed by atoms with Crippen LogP contribution in [0, 0.1) is 0 Å². The molecule has 0 spiro atoms. The van der Waals surface area contributed by atoms with Crippen molar-refractivity contribution in [1.29, 1.82) is 0 Å². The SMILES string of the molecule is Nc1ccc(N)c(C(Br)N2C(=O)c3ccccc3C2=O)c1. The molecule has 2 aromatic rings. The molecule has 5 nitrogen and oxygen atoms in total. The molecular weight excluding hydrogens is 334 g/mol. The van der Waals surface area contributed by atoms with Crippen LogP contribution in [0.3, 0.4) is 0 Å². The molecule has 4 N–H and O–H groups in total. The first-order valence-electron chi connectivity index (χ1n) is 6.26. The minimum atomic E-state index is -0.659. The van der Waals surface area contributed by atoms with Crippen molar-refractivity contribution in [2.45, 2.75) is 4.95 Å².